The molecule has 0 aromatic heterocycles. The second-order valence-electron chi connectivity index (χ2n) is 10.1. The molecule has 3 saturated heterocycles. The number of hydrogen-bond acceptors (Lipinski definition) is 6. The molecule has 0 saturated carbocycles. The molecule has 42 heavy (non-hydrogen) atoms. The number of alkyl halides is 9. The maximum Gasteiger partial charge on any atom is 0.414 e. The van der Waals surface area contributed by atoms with Gasteiger partial charge in [0.25, 0.3) is 0 Å². The third kappa shape index (κ3) is 14.1. The van der Waals surface area contributed by atoms with Gasteiger partial charge in [0.15, 0.2) is 18.3 Å². The Morgan fingerprint density at radius 3 is 1.40 bits per heavy atom. The molecule has 0 radical (unpaired) electrons. The minimum absolute atomic E-state index is 0.0273. The van der Waals surface area contributed by atoms with Crippen molar-refractivity contribution in [3.8, 4) is 0 Å². The van der Waals surface area contributed by atoms with E-state index in [9.17, 15) is 49.1 Å². The molecule has 3 heterocycles. The van der Waals surface area contributed by atoms with Gasteiger partial charge < -0.3 is 30.0 Å². The van der Waals surface area contributed by atoms with Crippen LogP contribution in [0.15, 0.2) is 0 Å². The van der Waals surface area contributed by atoms with Gasteiger partial charge in [-0.1, -0.05) is 6.92 Å². The third-order valence-corrected chi connectivity index (χ3v) is 6.77. The van der Waals surface area contributed by atoms with Crippen LogP contribution in [-0.4, -0.2) is 93.3 Å². The Labute approximate surface area is 238 Å². The van der Waals surface area contributed by atoms with Crippen molar-refractivity contribution in [3.05, 3.63) is 0 Å². The van der Waals surface area contributed by atoms with Crippen LogP contribution < -0.4 is 10.6 Å². The van der Waals surface area contributed by atoms with E-state index in [1.165, 1.54) is 0 Å². The van der Waals surface area contributed by atoms with Gasteiger partial charge in [0.05, 0.1) is 31.7 Å². The molecule has 3 fully saturated rings. The van der Waals surface area contributed by atoms with Gasteiger partial charge in [0.2, 0.25) is 5.91 Å². The first-order valence-corrected chi connectivity index (χ1v) is 13.7. The number of carbonyl (C=O) groups is 2. The summed E-state index contributed by atoms with van der Waals surface area (Å²) in [5.74, 6) is -2.32. The van der Waals surface area contributed by atoms with Crippen LogP contribution in [0, 0.1) is 17.8 Å². The number of rotatable bonds is 6. The van der Waals surface area contributed by atoms with E-state index in [0.717, 1.165) is 13.1 Å². The smallest absolute Gasteiger partial charge is 0.414 e. The fraction of sp³-hybridized carbons (Fsp3) is 0.920. The zero-order valence-corrected chi connectivity index (χ0v) is 23.3. The lowest BCUT2D eigenvalue weighted by molar-refractivity contribution is -0.236. The number of carboxylic acids is 1. The molecule has 3 aliphatic heterocycles. The average Bonchev–Trinajstić information content (AvgIpc) is 2.91. The Hall–Kier alpha value is -1.85. The summed E-state index contributed by atoms with van der Waals surface area (Å²) in [5.41, 5.74) is 0. The van der Waals surface area contributed by atoms with E-state index >= 15 is 0 Å². The molecule has 248 valence electrons. The van der Waals surface area contributed by atoms with E-state index in [-0.39, 0.29) is 63.7 Å². The van der Waals surface area contributed by atoms with E-state index < -0.39 is 54.6 Å². The molecule has 3 N–H and O–H groups in total. The minimum atomic E-state index is -4.37. The van der Waals surface area contributed by atoms with Crippen molar-refractivity contribution in [2.24, 2.45) is 17.8 Å². The molecule has 3 rings (SSSR count). The average molecular weight is 635 g/mol. The van der Waals surface area contributed by atoms with E-state index in [2.05, 4.69) is 20.1 Å². The fourth-order valence-corrected chi connectivity index (χ4v) is 4.31. The van der Waals surface area contributed by atoms with E-state index in [4.69, 9.17) is 9.84 Å². The molecular weight excluding hydrogens is 595 g/mol. The number of carboxylic acid groups (broad SMARTS) is 1. The Morgan fingerprint density at radius 2 is 1.10 bits per heavy atom. The van der Waals surface area contributed by atoms with Crippen LogP contribution in [0.2, 0.25) is 0 Å². The Kier molecular flexibility index (Phi) is 15.9. The highest BCUT2D eigenvalue weighted by atomic mass is 19.4. The molecule has 3 aliphatic rings. The van der Waals surface area contributed by atoms with Crippen molar-refractivity contribution in [1.29, 1.82) is 0 Å². The molecule has 6 unspecified atom stereocenters. The van der Waals surface area contributed by atoms with Gasteiger partial charge >= 0.3 is 24.5 Å². The molecule has 0 bridgehead atoms. The number of ether oxygens (including phenoxy) is 3. The zero-order chi connectivity index (χ0) is 32.1. The first-order chi connectivity index (χ1) is 19.4. The monoisotopic (exact) mass is 634 g/mol. The maximum absolute atomic E-state index is 12.2. The summed E-state index contributed by atoms with van der Waals surface area (Å²) in [4.78, 5) is 21.6. The number of hydrogen-bond donors (Lipinski definition) is 3. The highest BCUT2D eigenvalue weighted by Gasteiger charge is 2.45. The van der Waals surface area contributed by atoms with Crippen molar-refractivity contribution < 1.29 is 68.4 Å². The summed E-state index contributed by atoms with van der Waals surface area (Å²) in [7, 11) is 0. The Morgan fingerprint density at radius 1 is 0.667 bits per heavy atom. The van der Waals surface area contributed by atoms with Crippen LogP contribution in [-0.2, 0) is 23.8 Å². The summed E-state index contributed by atoms with van der Waals surface area (Å²) in [5, 5.41) is 14.1. The molecule has 17 heteroatoms. The third-order valence-electron chi connectivity index (χ3n) is 6.77. The standard InChI is InChI=1S/C9H14F3NO2.C9H16F3NO.C7H9F3O3/c1-2-13-8(14)6-3-4-7(15-5-6)9(10,11)12;1-2-13-5-7-3-4-8(14-6-7)9(10,11)12;8-7(9,10)5-2-1-4(3-13-5)6(11)12/h6-7H,2-5H2,1H3,(H,13,14);7-8,13H,2-6H2,1H3;4-5H,1-3H2,(H,11,12). The maximum atomic E-state index is 12.2. The first kappa shape index (κ1) is 38.2. The number of carbonyl (C=O) groups excluding carboxylic acids is 1. The highest BCUT2D eigenvalue weighted by molar-refractivity contribution is 5.78. The summed E-state index contributed by atoms with van der Waals surface area (Å²) in [6, 6.07) is 0. The van der Waals surface area contributed by atoms with Gasteiger partial charge in [-0.2, -0.15) is 39.5 Å². The zero-order valence-electron chi connectivity index (χ0n) is 23.3. The van der Waals surface area contributed by atoms with E-state index in [0.29, 0.717) is 13.0 Å². The Balaban J connectivity index is 0.000000316. The topological polar surface area (TPSA) is 106 Å². The van der Waals surface area contributed by atoms with Crippen LogP contribution in [0.4, 0.5) is 39.5 Å². The van der Waals surface area contributed by atoms with E-state index in [1.807, 2.05) is 6.92 Å². The number of aliphatic carboxylic acids is 1. The molecule has 8 nitrogen and oxygen atoms in total. The normalized spacial score (nSPS) is 28.8. The van der Waals surface area contributed by atoms with Crippen LogP contribution in [0.25, 0.3) is 0 Å². The van der Waals surface area contributed by atoms with Gasteiger partial charge in [-0.15, -0.1) is 0 Å². The molecule has 6 atom stereocenters. The van der Waals surface area contributed by atoms with Crippen LogP contribution in [0.1, 0.15) is 52.4 Å². The van der Waals surface area contributed by atoms with E-state index in [1.54, 1.807) is 6.92 Å². The summed E-state index contributed by atoms with van der Waals surface area (Å²) < 4.78 is 123. The predicted molar refractivity (Wildman–Crippen MR) is 130 cm³/mol. The van der Waals surface area contributed by atoms with Crippen molar-refractivity contribution in [3.63, 3.8) is 0 Å². The lowest BCUT2D eigenvalue weighted by Gasteiger charge is -2.30. The lowest BCUT2D eigenvalue weighted by atomic mass is 9.97. The molecule has 0 aliphatic carbocycles. The molecule has 0 spiro atoms. The van der Waals surface area contributed by atoms with Crippen molar-refractivity contribution in [2.75, 3.05) is 39.5 Å². The van der Waals surface area contributed by atoms with Gasteiger partial charge in [-0.05, 0) is 57.9 Å². The SMILES string of the molecule is CCNC(=O)C1CCC(C(F)(F)F)OC1.CCNCC1CCC(C(F)(F)F)OC1.O=C(O)C1CCC(C(F)(F)F)OC1. The molecule has 1 amide bonds. The summed E-state index contributed by atoms with van der Waals surface area (Å²) in [6.07, 6.45) is -17.4. The minimum Gasteiger partial charge on any atom is -0.481 e. The Bertz CT molecular complexity index is 787. The first-order valence-electron chi connectivity index (χ1n) is 13.7. The molecular formula is C25H39F9N2O6. The fourth-order valence-electron chi connectivity index (χ4n) is 4.31. The van der Waals surface area contributed by atoms with Gasteiger partial charge in [-0.3, -0.25) is 9.59 Å². The summed E-state index contributed by atoms with van der Waals surface area (Å²) >= 11 is 0. The second kappa shape index (κ2) is 17.4. The quantitative estimate of drug-likeness (QED) is 0.359. The largest absolute Gasteiger partial charge is 0.481 e. The van der Waals surface area contributed by atoms with Crippen molar-refractivity contribution in [1.82, 2.24) is 10.6 Å². The predicted octanol–water partition coefficient (Wildman–Crippen LogP) is 4.86. The summed E-state index contributed by atoms with van der Waals surface area (Å²) in [6.45, 7) is 5.55. The van der Waals surface area contributed by atoms with Crippen molar-refractivity contribution in [2.45, 2.75) is 89.2 Å². The van der Waals surface area contributed by atoms with Crippen LogP contribution in [0.5, 0.6) is 0 Å². The highest BCUT2D eigenvalue weighted by Crippen LogP contribution is 2.33. The van der Waals surface area contributed by atoms with Gasteiger partial charge in [-0.25, -0.2) is 0 Å². The number of amides is 1. The second-order valence-corrected chi connectivity index (χ2v) is 10.1. The van der Waals surface area contributed by atoms with Crippen LogP contribution >= 0.6 is 0 Å². The van der Waals surface area contributed by atoms with Gasteiger partial charge in [0, 0.05) is 13.1 Å². The molecule has 0 aromatic rings. The van der Waals surface area contributed by atoms with Gasteiger partial charge in [0.1, 0.15) is 0 Å². The van der Waals surface area contributed by atoms with Crippen LogP contribution in [0.3, 0.4) is 0 Å². The molecule has 0 aromatic carbocycles. The number of halogens is 9. The van der Waals surface area contributed by atoms with Crippen molar-refractivity contribution >= 4 is 11.9 Å². The number of nitrogens with one attached hydrogen (secondary N) is 2. The lowest BCUT2D eigenvalue weighted by Crippen LogP contribution is -2.42.